The summed E-state index contributed by atoms with van der Waals surface area (Å²) in [7, 11) is 0. The molecule has 1 aromatic heterocycles. The molecule has 8 nitrogen and oxygen atoms in total. The summed E-state index contributed by atoms with van der Waals surface area (Å²) in [6.07, 6.45) is 0. The molecule has 1 heterocycles. The number of amides is 1. The van der Waals surface area contributed by atoms with Crippen LogP contribution in [0.3, 0.4) is 0 Å². The number of hydrogen-bond acceptors (Lipinski definition) is 7. The highest BCUT2D eigenvalue weighted by atomic mass is 16.1. The van der Waals surface area contributed by atoms with Gasteiger partial charge in [0.2, 0.25) is 23.8 Å². The Morgan fingerprint density at radius 3 is 2.47 bits per heavy atom. The van der Waals surface area contributed by atoms with Gasteiger partial charge in [0.15, 0.2) is 0 Å². The lowest BCUT2D eigenvalue weighted by atomic mass is 10.5. The first-order chi connectivity index (χ1) is 9.10. The van der Waals surface area contributed by atoms with E-state index >= 15 is 0 Å². The molecule has 19 heavy (non-hydrogen) atoms. The molecular formula is C11H21N7O. The number of carbonyl (C=O) groups is 1. The first-order valence-corrected chi connectivity index (χ1v) is 6.37. The van der Waals surface area contributed by atoms with Crippen molar-refractivity contribution in [2.45, 2.75) is 20.8 Å². The summed E-state index contributed by atoms with van der Waals surface area (Å²) >= 11 is 0. The monoisotopic (exact) mass is 267 g/mol. The Kier molecular flexibility index (Phi) is 5.77. The first-order valence-electron chi connectivity index (χ1n) is 6.37. The molecule has 0 atom stereocenters. The van der Waals surface area contributed by atoms with E-state index in [1.165, 1.54) is 0 Å². The molecule has 0 aliphatic rings. The molecule has 1 aromatic rings. The van der Waals surface area contributed by atoms with E-state index in [0.29, 0.717) is 18.4 Å². The van der Waals surface area contributed by atoms with Crippen LogP contribution in [0, 0.1) is 0 Å². The van der Waals surface area contributed by atoms with Gasteiger partial charge in [-0.2, -0.15) is 15.0 Å². The van der Waals surface area contributed by atoms with E-state index in [4.69, 9.17) is 5.73 Å². The van der Waals surface area contributed by atoms with Crippen molar-refractivity contribution in [1.29, 1.82) is 0 Å². The van der Waals surface area contributed by atoms with Crippen LogP contribution in [0.4, 0.5) is 17.8 Å². The van der Waals surface area contributed by atoms with Gasteiger partial charge in [0.05, 0.1) is 6.54 Å². The number of nitrogens with zero attached hydrogens (tertiary/aromatic N) is 4. The van der Waals surface area contributed by atoms with Crippen LogP contribution in [0.1, 0.15) is 20.8 Å². The van der Waals surface area contributed by atoms with Crippen molar-refractivity contribution in [3.05, 3.63) is 0 Å². The Morgan fingerprint density at radius 1 is 1.21 bits per heavy atom. The van der Waals surface area contributed by atoms with E-state index in [1.54, 1.807) is 0 Å². The summed E-state index contributed by atoms with van der Waals surface area (Å²) in [5.74, 6) is 0.831. The van der Waals surface area contributed by atoms with E-state index in [2.05, 4.69) is 25.6 Å². The molecule has 0 saturated carbocycles. The molecule has 0 spiro atoms. The minimum atomic E-state index is -0.120. The van der Waals surface area contributed by atoms with Crippen molar-refractivity contribution in [3.63, 3.8) is 0 Å². The zero-order valence-electron chi connectivity index (χ0n) is 11.6. The smallest absolute Gasteiger partial charge is 0.239 e. The lowest BCUT2D eigenvalue weighted by Gasteiger charge is -2.18. The molecule has 0 aliphatic carbocycles. The molecule has 106 valence electrons. The third kappa shape index (κ3) is 4.57. The summed E-state index contributed by atoms with van der Waals surface area (Å²) in [5, 5.41) is 5.51. The topological polar surface area (TPSA) is 109 Å². The Bertz CT molecular complexity index is 420. The summed E-state index contributed by atoms with van der Waals surface area (Å²) < 4.78 is 0. The van der Waals surface area contributed by atoms with Gasteiger partial charge in [0, 0.05) is 19.6 Å². The molecule has 0 fully saturated rings. The van der Waals surface area contributed by atoms with Gasteiger partial charge in [0.25, 0.3) is 0 Å². The molecule has 0 unspecified atom stereocenters. The van der Waals surface area contributed by atoms with E-state index in [1.807, 2.05) is 25.7 Å². The second-order valence-corrected chi connectivity index (χ2v) is 3.80. The average molecular weight is 267 g/mol. The van der Waals surface area contributed by atoms with Crippen LogP contribution in [-0.4, -0.2) is 47.0 Å². The van der Waals surface area contributed by atoms with Crippen LogP contribution in [-0.2, 0) is 4.79 Å². The third-order valence-electron chi connectivity index (χ3n) is 2.47. The maximum absolute atomic E-state index is 11.3. The number of nitrogen functional groups attached to an aromatic ring is 1. The minimum absolute atomic E-state index is 0.106. The van der Waals surface area contributed by atoms with Crippen molar-refractivity contribution < 1.29 is 4.79 Å². The lowest BCUT2D eigenvalue weighted by molar-refractivity contribution is -0.119. The number of hydrogen-bond donors (Lipinski definition) is 3. The average Bonchev–Trinajstić information content (AvgIpc) is 2.38. The van der Waals surface area contributed by atoms with Crippen LogP contribution < -0.4 is 21.3 Å². The van der Waals surface area contributed by atoms with E-state index in [0.717, 1.165) is 13.1 Å². The second-order valence-electron chi connectivity index (χ2n) is 3.80. The number of anilines is 3. The largest absolute Gasteiger partial charge is 0.368 e. The van der Waals surface area contributed by atoms with Crippen LogP contribution >= 0.6 is 0 Å². The van der Waals surface area contributed by atoms with Gasteiger partial charge in [0.1, 0.15) is 0 Å². The van der Waals surface area contributed by atoms with Crippen LogP contribution in [0.5, 0.6) is 0 Å². The number of carbonyl (C=O) groups excluding carboxylic acids is 1. The van der Waals surface area contributed by atoms with E-state index < -0.39 is 0 Å². The second kappa shape index (κ2) is 7.34. The fourth-order valence-corrected chi connectivity index (χ4v) is 1.53. The Balaban J connectivity index is 2.76. The van der Waals surface area contributed by atoms with Gasteiger partial charge in [-0.05, 0) is 20.8 Å². The zero-order valence-corrected chi connectivity index (χ0v) is 11.6. The lowest BCUT2D eigenvalue weighted by Crippen LogP contribution is -2.30. The SMILES string of the molecule is CCNC(=O)CNc1nc(N)nc(N(CC)CC)n1. The first kappa shape index (κ1) is 14.9. The van der Waals surface area contributed by atoms with Crippen molar-refractivity contribution in [2.24, 2.45) is 0 Å². The van der Waals surface area contributed by atoms with Gasteiger partial charge >= 0.3 is 0 Å². The molecule has 0 saturated heterocycles. The fraction of sp³-hybridized carbons (Fsp3) is 0.636. The van der Waals surface area contributed by atoms with Crippen LogP contribution in [0.2, 0.25) is 0 Å². The molecule has 1 amide bonds. The summed E-state index contributed by atoms with van der Waals surface area (Å²) in [6.45, 7) is 8.11. The Hall–Kier alpha value is -2.12. The number of nitrogens with two attached hydrogens (primary N) is 1. The number of nitrogens with one attached hydrogen (secondary N) is 2. The van der Waals surface area contributed by atoms with Gasteiger partial charge in [-0.1, -0.05) is 0 Å². The normalized spacial score (nSPS) is 10.1. The zero-order chi connectivity index (χ0) is 14.3. The highest BCUT2D eigenvalue weighted by molar-refractivity contribution is 5.80. The van der Waals surface area contributed by atoms with Crippen LogP contribution in [0.25, 0.3) is 0 Å². The molecule has 0 radical (unpaired) electrons. The number of aromatic nitrogens is 3. The quantitative estimate of drug-likeness (QED) is 0.630. The molecule has 8 heteroatoms. The Morgan fingerprint density at radius 2 is 1.89 bits per heavy atom. The summed E-state index contributed by atoms with van der Waals surface area (Å²) in [6, 6.07) is 0. The maximum Gasteiger partial charge on any atom is 0.239 e. The van der Waals surface area contributed by atoms with E-state index in [9.17, 15) is 4.79 Å². The molecular weight excluding hydrogens is 246 g/mol. The molecule has 0 aliphatic heterocycles. The number of rotatable bonds is 7. The standard InChI is InChI=1S/C11H21N7O/c1-4-13-8(19)7-14-10-15-9(12)16-11(17-10)18(5-2)6-3/h4-7H2,1-3H3,(H,13,19)(H3,12,14,15,16,17). The third-order valence-corrected chi connectivity index (χ3v) is 2.47. The summed E-state index contributed by atoms with van der Waals surface area (Å²) in [5.41, 5.74) is 5.64. The summed E-state index contributed by atoms with van der Waals surface area (Å²) in [4.78, 5) is 25.6. The predicted molar refractivity (Wildman–Crippen MR) is 75.0 cm³/mol. The van der Waals surface area contributed by atoms with Crippen molar-refractivity contribution >= 4 is 23.8 Å². The van der Waals surface area contributed by atoms with Gasteiger partial charge in [-0.15, -0.1) is 0 Å². The highest BCUT2D eigenvalue weighted by Crippen LogP contribution is 2.11. The van der Waals surface area contributed by atoms with E-state index in [-0.39, 0.29) is 18.4 Å². The maximum atomic E-state index is 11.3. The Labute approximate surface area is 112 Å². The highest BCUT2D eigenvalue weighted by Gasteiger charge is 2.10. The van der Waals surface area contributed by atoms with Gasteiger partial charge < -0.3 is 21.3 Å². The molecule has 0 bridgehead atoms. The van der Waals surface area contributed by atoms with Gasteiger partial charge in [-0.25, -0.2) is 0 Å². The molecule has 1 rings (SSSR count). The van der Waals surface area contributed by atoms with Crippen LogP contribution in [0.15, 0.2) is 0 Å². The molecule has 0 aromatic carbocycles. The van der Waals surface area contributed by atoms with Crippen molar-refractivity contribution in [1.82, 2.24) is 20.3 Å². The van der Waals surface area contributed by atoms with Gasteiger partial charge in [-0.3, -0.25) is 4.79 Å². The number of likely N-dealkylation sites (N-methyl/N-ethyl adjacent to an activating group) is 1. The minimum Gasteiger partial charge on any atom is -0.368 e. The van der Waals surface area contributed by atoms with Crippen molar-refractivity contribution in [3.8, 4) is 0 Å². The molecule has 4 N–H and O–H groups in total. The fourth-order valence-electron chi connectivity index (χ4n) is 1.53. The predicted octanol–water partition coefficient (Wildman–Crippen LogP) is -0.152. The van der Waals surface area contributed by atoms with Crippen molar-refractivity contribution in [2.75, 3.05) is 42.1 Å².